The molecule has 5 nitrogen and oxygen atoms in total. The van der Waals surface area contributed by atoms with Crippen molar-refractivity contribution in [1.82, 2.24) is 5.32 Å². The first kappa shape index (κ1) is 14.0. The van der Waals surface area contributed by atoms with Crippen molar-refractivity contribution in [2.45, 2.75) is 20.8 Å². The van der Waals surface area contributed by atoms with Crippen LogP contribution in [-0.4, -0.2) is 25.7 Å². The Morgan fingerprint density at radius 2 is 1.72 bits per heavy atom. The molecular formula is C13H18N2O3. The normalized spacial score (nSPS) is 9.78. The zero-order valence-corrected chi connectivity index (χ0v) is 11.1. The lowest BCUT2D eigenvalue weighted by molar-refractivity contribution is -0.115. The molecule has 0 unspecified atom stereocenters. The number of benzene rings is 1. The number of hydrogen-bond acceptors (Lipinski definition) is 3. The minimum Gasteiger partial charge on any atom is -0.453 e. The third-order valence-electron chi connectivity index (χ3n) is 2.52. The van der Waals surface area contributed by atoms with Crippen molar-refractivity contribution in [2.24, 2.45) is 0 Å². The van der Waals surface area contributed by atoms with E-state index < -0.39 is 6.09 Å². The standard InChI is InChI=1S/C13H18N2O3/c1-8-5-9(2)12(10(3)6-8)15-11(16)7-14-13(17)18-4/h5-6H,7H2,1-4H3,(H,14,17)(H,15,16). The molecule has 0 saturated carbocycles. The molecule has 0 fully saturated rings. The highest BCUT2D eigenvalue weighted by Crippen LogP contribution is 2.21. The fourth-order valence-corrected chi connectivity index (χ4v) is 1.79. The molecule has 18 heavy (non-hydrogen) atoms. The third-order valence-corrected chi connectivity index (χ3v) is 2.52. The Balaban J connectivity index is 2.68. The van der Waals surface area contributed by atoms with E-state index in [2.05, 4.69) is 15.4 Å². The summed E-state index contributed by atoms with van der Waals surface area (Å²) in [7, 11) is 1.25. The average molecular weight is 250 g/mol. The van der Waals surface area contributed by atoms with E-state index in [9.17, 15) is 9.59 Å². The fourth-order valence-electron chi connectivity index (χ4n) is 1.79. The van der Waals surface area contributed by atoms with Gasteiger partial charge in [-0.2, -0.15) is 0 Å². The maximum atomic E-state index is 11.6. The summed E-state index contributed by atoms with van der Waals surface area (Å²) in [5.74, 6) is -0.282. The van der Waals surface area contributed by atoms with Gasteiger partial charge in [-0.1, -0.05) is 17.7 Å². The van der Waals surface area contributed by atoms with E-state index in [-0.39, 0.29) is 12.5 Å². The number of methoxy groups -OCH3 is 1. The van der Waals surface area contributed by atoms with E-state index in [0.717, 1.165) is 22.4 Å². The summed E-state index contributed by atoms with van der Waals surface area (Å²) in [5, 5.41) is 5.11. The smallest absolute Gasteiger partial charge is 0.407 e. The van der Waals surface area contributed by atoms with Crippen LogP contribution >= 0.6 is 0 Å². The first-order valence-electron chi connectivity index (χ1n) is 5.63. The molecule has 0 spiro atoms. The average Bonchev–Trinajstić information content (AvgIpc) is 2.30. The summed E-state index contributed by atoms with van der Waals surface area (Å²) < 4.78 is 4.38. The number of rotatable bonds is 3. The topological polar surface area (TPSA) is 67.4 Å². The Bertz CT molecular complexity index is 446. The van der Waals surface area contributed by atoms with E-state index in [0.29, 0.717) is 0 Å². The largest absolute Gasteiger partial charge is 0.453 e. The third kappa shape index (κ3) is 3.76. The molecule has 1 aromatic carbocycles. The predicted octanol–water partition coefficient (Wildman–Crippen LogP) is 1.91. The molecule has 2 amide bonds. The van der Waals surface area contributed by atoms with E-state index in [1.807, 2.05) is 32.9 Å². The highest BCUT2D eigenvalue weighted by Gasteiger charge is 2.09. The number of aryl methyl sites for hydroxylation is 3. The molecule has 0 aromatic heterocycles. The van der Waals surface area contributed by atoms with E-state index in [1.54, 1.807) is 0 Å². The molecule has 2 N–H and O–H groups in total. The SMILES string of the molecule is COC(=O)NCC(=O)Nc1c(C)cc(C)cc1C. The first-order valence-corrected chi connectivity index (χ1v) is 5.63. The molecule has 1 rings (SSSR count). The lowest BCUT2D eigenvalue weighted by Gasteiger charge is -2.13. The number of anilines is 1. The Morgan fingerprint density at radius 3 is 2.22 bits per heavy atom. The van der Waals surface area contributed by atoms with Crippen LogP contribution in [0.2, 0.25) is 0 Å². The van der Waals surface area contributed by atoms with E-state index in [4.69, 9.17) is 0 Å². The number of carbonyl (C=O) groups is 2. The number of alkyl carbamates (subject to hydrolysis) is 1. The summed E-state index contributed by atoms with van der Waals surface area (Å²) in [5.41, 5.74) is 3.94. The van der Waals surface area contributed by atoms with Crippen LogP contribution < -0.4 is 10.6 Å². The van der Waals surface area contributed by atoms with Crippen molar-refractivity contribution in [3.63, 3.8) is 0 Å². The van der Waals surface area contributed by atoms with Gasteiger partial charge in [-0.25, -0.2) is 4.79 Å². The predicted molar refractivity (Wildman–Crippen MR) is 69.7 cm³/mol. The van der Waals surface area contributed by atoms with E-state index in [1.165, 1.54) is 7.11 Å². The molecule has 0 aliphatic carbocycles. The molecule has 5 heteroatoms. The van der Waals surface area contributed by atoms with Crippen molar-refractivity contribution in [1.29, 1.82) is 0 Å². The number of nitrogens with one attached hydrogen (secondary N) is 2. The van der Waals surface area contributed by atoms with Gasteiger partial charge in [-0.3, -0.25) is 4.79 Å². The van der Waals surface area contributed by atoms with Gasteiger partial charge in [0.1, 0.15) is 6.54 Å². The molecule has 0 atom stereocenters. The summed E-state index contributed by atoms with van der Waals surface area (Å²) in [4.78, 5) is 22.5. The Morgan fingerprint density at radius 1 is 1.17 bits per heavy atom. The van der Waals surface area contributed by atoms with Gasteiger partial charge >= 0.3 is 6.09 Å². The molecule has 0 saturated heterocycles. The van der Waals surface area contributed by atoms with Crippen molar-refractivity contribution in [2.75, 3.05) is 19.0 Å². The van der Waals surface area contributed by atoms with Gasteiger partial charge in [0.2, 0.25) is 5.91 Å². The van der Waals surface area contributed by atoms with E-state index >= 15 is 0 Å². The quantitative estimate of drug-likeness (QED) is 0.861. The zero-order valence-electron chi connectivity index (χ0n) is 11.1. The molecule has 1 aromatic rings. The highest BCUT2D eigenvalue weighted by atomic mass is 16.5. The first-order chi connectivity index (χ1) is 8.43. The number of carbonyl (C=O) groups excluding carboxylic acids is 2. The maximum absolute atomic E-state index is 11.6. The van der Waals surface area contributed by atoms with Gasteiger partial charge in [0.15, 0.2) is 0 Å². The van der Waals surface area contributed by atoms with Crippen molar-refractivity contribution >= 4 is 17.7 Å². The van der Waals surface area contributed by atoms with Crippen molar-refractivity contribution in [3.05, 3.63) is 28.8 Å². The molecule has 0 bridgehead atoms. The molecule has 98 valence electrons. The van der Waals surface area contributed by atoms with Crippen LogP contribution in [0.3, 0.4) is 0 Å². The van der Waals surface area contributed by atoms with Crippen LogP contribution in [0.25, 0.3) is 0 Å². The van der Waals surface area contributed by atoms with Gasteiger partial charge < -0.3 is 15.4 Å². The monoisotopic (exact) mass is 250 g/mol. The van der Waals surface area contributed by atoms with Crippen molar-refractivity contribution < 1.29 is 14.3 Å². The molecular weight excluding hydrogens is 232 g/mol. The van der Waals surface area contributed by atoms with Gasteiger partial charge in [0.25, 0.3) is 0 Å². The number of hydrogen-bond donors (Lipinski definition) is 2. The summed E-state index contributed by atoms with van der Waals surface area (Å²) in [6.07, 6.45) is -0.623. The molecule has 0 radical (unpaired) electrons. The summed E-state index contributed by atoms with van der Waals surface area (Å²) in [6.45, 7) is 5.76. The lowest BCUT2D eigenvalue weighted by Crippen LogP contribution is -2.33. The van der Waals surface area contributed by atoms with Gasteiger partial charge in [0.05, 0.1) is 7.11 Å². The van der Waals surface area contributed by atoms with Gasteiger partial charge in [0, 0.05) is 5.69 Å². The second-order valence-electron chi connectivity index (χ2n) is 4.17. The summed E-state index contributed by atoms with van der Waals surface area (Å²) >= 11 is 0. The minimum absolute atomic E-state index is 0.112. The second kappa shape index (κ2) is 6.05. The Hall–Kier alpha value is -2.04. The fraction of sp³-hybridized carbons (Fsp3) is 0.385. The second-order valence-corrected chi connectivity index (χ2v) is 4.17. The number of amides is 2. The Labute approximate surface area is 107 Å². The van der Waals surface area contributed by atoms with Crippen LogP contribution in [0, 0.1) is 20.8 Å². The van der Waals surface area contributed by atoms with Gasteiger partial charge in [-0.15, -0.1) is 0 Å². The lowest BCUT2D eigenvalue weighted by atomic mass is 10.1. The van der Waals surface area contributed by atoms with Crippen LogP contribution in [0.4, 0.5) is 10.5 Å². The summed E-state index contributed by atoms with van der Waals surface area (Å²) in [6, 6.07) is 3.99. The molecule has 0 aliphatic rings. The Kier molecular flexibility index (Phi) is 4.71. The number of ether oxygens (including phenoxy) is 1. The zero-order chi connectivity index (χ0) is 13.7. The molecule has 0 aliphatic heterocycles. The van der Waals surface area contributed by atoms with Crippen LogP contribution in [0.1, 0.15) is 16.7 Å². The van der Waals surface area contributed by atoms with Crippen LogP contribution in [0.5, 0.6) is 0 Å². The van der Waals surface area contributed by atoms with Crippen LogP contribution in [0.15, 0.2) is 12.1 Å². The highest BCUT2D eigenvalue weighted by molar-refractivity contribution is 5.95. The minimum atomic E-state index is -0.623. The van der Waals surface area contributed by atoms with Crippen LogP contribution in [-0.2, 0) is 9.53 Å². The molecule has 0 heterocycles. The maximum Gasteiger partial charge on any atom is 0.407 e. The van der Waals surface area contributed by atoms with Gasteiger partial charge in [-0.05, 0) is 31.9 Å². The van der Waals surface area contributed by atoms with Crippen molar-refractivity contribution in [3.8, 4) is 0 Å².